The summed E-state index contributed by atoms with van der Waals surface area (Å²) in [7, 11) is 0. The molecule has 0 spiro atoms. The van der Waals surface area contributed by atoms with Crippen LogP contribution in [0.5, 0.6) is 0 Å². The molecular weight excluding hydrogens is 426 g/mol. The van der Waals surface area contributed by atoms with Crippen LogP contribution in [-0.4, -0.2) is 37.2 Å². The van der Waals surface area contributed by atoms with Crippen molar-refractivity contribution in [3.63, 3.8) is 0 Å². The minimum Gasteiger partial charge on any atom is -0.368 e. The normalized spacial score (nSPS) is 19.2. The molecule has 3 aromatic heterocycles. The molecule has 0 bridgehead atoms. The lowest BCUT2D eigenvalue weighted by Crippen LogP contribution is -2.40. The number of imidazole rings is 1. The molecule has 0 atom stereocenters. The minimum atomic E-state index is -2.60. The number of anilines is 1. The van der Waals surface area contributed by atoms with Crippen molar-refractivity contribution in [2.45, 2.75) is 78.4 Å². The Balaban J connectivity index is 1.33. The summed E-state index contributed by atoms with van der Waals surface area (Å²) in [6.45, 7) is 9.04. The Kier molecular flexibility index (Phi) is 6.41. The molecule has 3 heterocycles. The summed E-state index contributed by atoms with van der Waals surface area (Å²) in [5.74, 6) is 0.674. The second kappa shape index (κ2) is 9.11. The van der Waals surface area contributed by atoms with Crippen molar-refractivity contribution < 1.29 is 13.6 Å². The molecule has 1 amide bonds. The highest BCUT2D eigenvalue weighted by atomic mass is 19.3. The van der Waals surface area contributed by atoms with Gasteiger partial charge in [-0.25, -0.2) is 13.8 Å². The molecular formula is C24H32F2N6O. The van der Waals surface area contributed by atoms with Crippen molar-refractivity contribution in [3.05, 3.63) is 47.5 Å². The minimum absolute atomic E-state index is 0.0771. The van der Waals surface area contributed by atoms with Gasteiger partial charge in [-0.15, -0.1) is 0 Å². The number of amides is 1. The fraction of sp³-hybridized carbons (Fsp3) is 0.542. The van der Waals surface area contributed by atoms with Crippen LogP contribution in [0.1, 0.15) is 74.6 Å². The van der Waals surface area contributed by atoms with Crippen molar-refractivity contribution >= 4 is 17.4 Å². The number of hydrogen-bond donors (Lipinski definition) is 2. The van der Waals surface area contributed by atoms with E-state index in [1.165, 1.54) is 6.20 Å². The lowest BCUT2D eigenvalue weighted by Gasteiger charge is -2.30. The first kappa shape index (κ1) is 23.2. The monoisotopic (exact) mass is 458 g/mol. The molecule has 178 valence electrons. The Labute approximate surface area is 192 Å². The van der Waals surface area contributed by atoms with E-state index in [0.717, 1.165) is 43.7 Å². The topological polar surface area (TPSA) is 76.2 Å². The van der Waals surface area contributed by atoms with Crippen LogP contribution < -0.4 is 10.6 Å². The third kappa shape index (κ3) is 5.51. The average Bonchev–Trinajstić information content (AvgIpc) is 3.32. The third-order valence-electron chi connectivity index (χ3n) is 5.98. The van der Waals surface area contributed by atoms with Gasteiger partial charge in [-0.2, -0.15) is 5.10 Å². The van der Waals surface area contributed by atoms with Gasteiger partial charge in [0.1, 0.15) is 17.2 Å². The zero-order chi connectivity index (χ0) is 23.8. The number of nitrogens with zero attached hydrogens (tertiary/aromatic N) is 4. The van der Waals surface area contributed by atoms with Crippen molar-refractivity contribution in [3.8, 4) is 0 Å². The lowest BCUT2D eigenvalue weighted by atomic mass is 9.91. The number of aromatic nitrogens is 4. The Bertz CT molecular complexity index is 1120. The van der Waals surface area contributed by atoms with Crippen LogP contribution in [0.25, 0.3) is 5.65 Å². The van der Waals surface area contributed by atoms with Crippen LogP contribution in [0.3, 0.4) is 0 Å². The molecule has 33 heavy (non-hydrogen) atoms. The van der Waals surface area contributed by atoms with Gasteiger partial charge in [0.15, 0.2) is 0 Å². The summed E-state index contributed by atoms with van der Waals surface area (Å²) >= 11 is 0. The molecule has 4 rings (SSSR count). The van der Waals surface area contributed by atoms with Crippen molar-refractivity contribution in [2.24, 2.45) is 5.41 Å². The van der Waals surface area contributed by atoms with E-state index >= 15 is 0 Å². The van der Waals surface area contributed by atoms with E-state index in [4.69, 9.17) is 0 Å². The Morgan fingerprint density at radius 3 is 2.52 bits per heavy atom. The number of carbonyl (C=O) groups is 1. The summed E-state index contributed by atoms with van der Waals surface area (Å²) in [6.07, 6.45) is 4.07. The molecule has 3 aromatic rings. The van der Waals surface area contributed by atoms with Gasteiger partial charge in [0, 0.05) is 31.0 Å². The molecule has 1 fully saturated rings. The van der Waals surface area contributed by atoms with Gasteiger partial charge in [0.25, 0.3) is 12.3 Å². The molecule has 0 saturated heterocycles. The number of carbonyl (C=O) groups excluding carboxylic acids is 1. The summed E-state index contributed by atoms with van der Waals surface area (Å²) in [5.41, 5.74) is 1.72. The molecule has 9 heteroatoms. The molecule has 7 nitrogen and oxygen atoms in total. The van der Waals surface area contributed by atoms with Crippen LogP contribution in [0.15, 0.2) is 30.6 Å². The maximum atomic E-state index is 13.0. The second-order valence-electron chi connectivity index (χ2n) is 10.2. The van der Waals surface area contributed by atoms with Crippen molar-refractivity contribution in [1.82, 2.24) is 24.5 Å². The highest BCUT2D eigenvalue weighted by Crippen LogP contribution is 2.25. The van der Waals surface area contributed by atoms with Gasteiger partial charge in [0.2, 0.25) is 0 Å². The lowest BCUT2D eigenvalue weighted by molar-refractivity contribution is 0.0925. The largest absolute Gasteiger partial charge is 0.368 e. The maximum Gasteiger partial charge on any atom is 0.281 e. The van der Waals surface area contributed by atoms with Gasteiger partial charge >= 0.3 is 0 Å². The summed E-state index contributed by atoms with van der Waals surface area (Å²) < 4.78 is 29.6. The standard InChI is InChI=1S/C24H32F2N6O/c1-15-18(12-31(30-15)14-24(2,3)4)23(33)28-17-10-8-16(9-11-17)27-20-6-5-7-21-29-19(22(25)26)13-32(20)21/h5-7,12-13,16-17,22,27H,8-11,14H2,1-4H3,(H,28,33). The molecule has 0 aliphatic heterocycles. The summed E-state index contributed by atoms with van der Waals surface area (Å²) in [6, 6.07) is 5.71. The predicted octanol–water partition coefficient (Wildman–Crippen LogP) is 4.98. The molecule has 1 aliphatic carbocycles. The molecule has 2 N–H and O–H groups in total. The summed E-state index contributed by atoms with van der Waals surface area (Å²) in [5, 5.41) is 11.1. The van der Waals surface area contributed by atoms with E-state index in [1.807, 2.05) is 29.9 Å². The molecule has 0 unspecified atom stereocenters. The van der Waals surface area contributed by atoms with Crippen LogP contribution >= 0.6 is 0 Å². The Morgan fingerprint density at radius 1 is 1.15 bits per heavy atom. The van der Waals surface area contributed by atoms with Gasteiger partial charge in [-0.1, -0.05) is 26.8 Å². The van der Waals surface area contributed by atoms with Crippen LogP contribution in [0, 0.1) is 12.3 Å². The predicted molar refractivity (Wildman–Crippen MR) is 124 cm³/mol. The first-order chi connectivity index (χ1) is 15.6. The number of pyridine rings is 1. The quantitative estimate of drug-likeness (QED) is 0.547. The maximum absolute atomic E-state index is 13.0. The van der Waals surface area contributed by atoms with E-state index < -0.39 is 6.43 Å². The van der Waals surface area contributed by atoms with Gasteiger partial charge in [0.05, 0.1) is 11.3 Å². The number of aryl methyl sites for hydroxylation is 1. The highest BCUT2D eigenvalue weighted by molar-refractivity contribution is 5.95. The van der Waals surface area contributed by atoms with E-state index in [9.17, 15) is 13.6 Å². The number of rotatable bonds is 6. The first-order valence-electron chi connectivity index (χ1n) is 11.5. The highest BCUT2D eigenvalue weighted by Gasteiger charge is 2.25. The van der Waals surface area contributed by atoms with E-state index in [2.05, 4.69) is 41.5 Å². The average molecular weight is 459 g/mol. The SMILES string of the molecule is Cc1nn(CC(C)(C)C)cc1C(=O)NC1CCC(Nc2cccc3nc(C(F)F)cn23)CC1. The number of alkyl halides is 2. The number of halogens is 2. The fourth-order valence-electron chi connectivity index (χ4n) is 4.41. The Morgan fingerprint density at radius 2 is 1.85 bits per heavy atom. The van der Waals surface area contributed by atoms with Crippen LogP contribution in [0.4, 0.5) is 14.6 Å². The molecule has 1 aliphatic rings. The number of hydrogen-bond acceptors (Lipinski definition) is 4. The van der Waals surface area contributed by atoms with Crippen LogP contribution in [0.2, 0.25) is 0 Å². The van der Waals surface area contributed by atoms with E-state index in [0.29, 0.717) is 11.2 Å². The molecule has 0 radical (unpaired) electrons. The summed E-state index contributed by atoms with van der Waals surface area (Å²) in [4.78, 5) is 16.8. The molecule has 0 aromatic carbocycles. The molecule has 1 saturated carbocycles. The van der Waals surface area contributed by atoms with Crippen LogP contribution in [-0.2, 0) is 6.54 Å². The number of nitrogens with one attached hydrogen (secondary N) is 2. The second-order valence-corrected chi connectivity index (χ2v) is 10.2. The zero-order valence-electron chi connectivity index (χ0n) is 19.6. The number of fused-ring (bicyclic) bond motifs is 1. The fourth-order valence-corrected chi connectivity index (χ4v) is 4.41. The Hall–Kier alpha value is -2.97. The zero-order valence-corrected chi connectivity index (χ0v) is 19.6. The smallest absolute Gasteiger partial charge is 0.281 e. The third-order valence-corrected chi connectivity index (χ3v) is 5.98. The van der Waals surface area contributed by atoms with Gasteiger partial charge in [-0.05, 0) is 50.2 Å². The van der Waals surface area contributed by atoms with Crippen molar-refractivity contribution in [1.29, 1.82) is 0 Å². The van der Waals surface area contributed by atoms with Gasteiger partial charge in [-0.3, -0.25) is 13.9 Å². The van der Waals surface area contributed by atoms with E-state index in [-0.39, 0.29) is 29.1 Å². The van der Waals surface area contributed by atoms with Crippen molar-refractivity contribution in [2.75, 3.05) is 5.32 Å². The first-order valence-corrected chi connectivity index (χ1v) is 11.5. The van der Waals surface area contributed by atoms with E-state index in [1.54, 1.807) is 10.5 Å². The van der Waals surface area contributed by atoms with Gasteiger partial charge < -0.3 is 10.6 Å².